The van der Waals surface area contributed by atoms with Crippen LogP contribution in [-0.4, -0.2) is 9.13 Å². The van der Waals surface area contributed by atoms with Gasteiger partial charge in [-0.05, 0) is 12.8 Å². The lowest BCUT2D eigenvalue weighted by Gasteiger charge is -2.07. The molecular formula is C11H16N2O2. The van der Waals surface area contributed by atoms with E-state index in [0.29, 0.717) is 19.5 Å². The van der Waals surface area contributed by atoms with Crippen LogP contribution in [0, 0.1) is 0 Å². The highest BCUT2D eigenvalue weighted by Crippen LogP contribution is 1.86. The highest BCUT2D eigenvalue weighted by atomic mass is 16.2. The molecule has 1 aromatic heterocycles. The predicted octanol–water partition coefficient (Wildman–Crippen LogP) is 0.996. The van der Waals surface area contributed by atoms with Gasteiger partial charge in [0.05, 0.1) is 0 Å². The van der Waals surface area contributed by atoms with Crippen molar-refractivity contribution in [3.8, 4) is 0 Å². The first-order valence-electron chi connectivity index (χ1n) is 5.12. The van der Waals surface area contributed by atoms with Crippen LogP contribution in [0.2, 0.25) is 0 Å². The summed E-state index contributed by atoms with van der Waals surface area (Å²) >= 11 is 0. The molecule has 4 heteroatoms. The Hall–Kier alpha value is -1.58. The van der Waals surface area contributed by atoms with Gasteiger partial charge in [-0.15, -0.1) is 6.58 Å². The summed E-state index contributed by atoms with van der Waals surface area (Å²) in [6.45, 7) is 6.62. The third-order valence-electron chi connectivity index (χ3n) is 2.16. The molecule has 0 saturated heterocycles. The number of hydrogen-bond acceptors (Lipinski definition) is 2. The largest absolute Gasteiger partial charge is 0.330 e. The molecule has 0 bridgehead atoms. The van der Waals surface area contributed by atoms with E-state index in [-0.39, 0.29) is 11.2 Å². The monoisotopic (exact) mass is 208 g/mol. The lowest BCUT2D eigenvalue weighted by atomic mass is 10.4. The standard InChI is InChI=1S/C11H16N2O2/c1-3-5-8-13-10(14)6-9-12(7-4-2)11(13)15/h3,6,9H,1,4-5,7-8H2,2H3. The second kappa shape index (κ2) is 5.34. The van der Waals surface area contributed by atoms with E-state index < -0.39 is 0 Å². The Bertz CT molecular complexity index is 443. The van der Waals surface area contributed by atoms with Gasteiger partial charge in [-0.25, -0.2) is 4.79 Å². The van der Waals surface area contributed by atoms with Gasteiger partial charge in [0, 0.05) is 25.4 Å². The summed E-state index contributed by atoms with van der Waals surface area (Å²) in [6, 6.07) is 1.43. The van der Waals surface area contributed by atoms with Gasteiger partial charge in [0.1, 0.15) is 0 Å². The molecule has 0 spiro atoms. The Kier molecular flexibility index (Phi) is 4.09. The van der Waals surface area contributed by atoms with Crippen LogP contribution in [0.4, 0.5) is 0 Å². The Balaban J connectivity index is 3.12. The third-order valence-corrected chi connectivity index (χ3v) is 2.16. The number of aryl methyl sites for hydroxylation is 1. The van der Waals surface area contributed by atoms with E-state index in [1.54, 1.807) is 16.8 Å². The molecule has 0 aliphatic heterocycles. The number of hydrogen-bond donors (Lipinski definition) is 0. The van der Waals surface area contributed by atoms with E-state index in [1.807, 2.05) is 6.92 Å². The normalized spacial score (nSPS) is 10.2. The molecular weight excluding hydrogens is 192 g/mol. The molecule has 0 radical (unpaired) electrons. The zero-order valence-electron chi connectivity index (χ0n) is 8.98. The molecule has 82 valence electrons. The minimum Gasteiger partial charge on any atom is -0.300 e. The van der Waals surface area contributed by atoms with E-state index in [2.05, 4.69) is 6.58 Å². The number of aromatic nitrogens is 2. The summed E-state index contributed by atoms with van der Waals surface area (Å²) in [5, 5.41) is 0. The lowest BCUT2D eigenvalue weighted by molar-refractivity contribution is 0.549. The summed E-state index contributed by atoms with van der Waals surface area (Å²) in [7, 11) is 0. The SMILES string of the molecule is C=CCCn1c(=O)ccn(CCC)c1=O. The molecule has 0 aliphatic rings. The van der Waals surface area contributed by atoms with Gasteiger partial charge in [0.25, 0.3) is 5.56 Å². The van der Waals surface area contributed by atoms with Crippen molar-refractivity contribution in [3.05, 3.63) is 45.8 Å². The summed E-state index contributed by atoms with van der Waals surface area (Å²) in [5.74, 6) is 0. The lowest BCUT2D eigenvalue weighted by Crippen LogP contribution is -2.38. The Morgan fingerprint density at radius 1 is 1.40 bits per heavy atom. The predicted molar refractivity (Wildman–Crippen MR) is 60.1 cm³/mol. The maximum Gasteiger partial charge on any atom is 0.330 e. The molecule has 4 nitrogen and oxygen atoms in total. The van der Waals surface area contributed by atoms with E-state index in [0.717, 1.165) is 6.42 Å². The van der Waals surface area contributed by atoms with Crippen molar-refractivity contribution in [1.29, 1.82) is 0 Å². The topological polar surface area (TPSA) is 44.0 Å². The Morgan fingerprint density at radius 2 is 2.13 bits per heavy atom. The first-order valence-corrected chi connectivity index (χ1v) is 5.12. The van der Waals surface area contributed by atoms with Crippen molar-refractivity contribution < 1.29 is 0 Å². The number of allylic oxidation sites excluding steroid dienone is 1. The van der Waals surface area contributed by atoms with Gasteiger partial charge in [0.15, 0.2) is 0 Å². The molecule has 0 saturated carbocycles. The highest BCUT2D eigenvalue weighted by molar-refractivity contribution is 4.87. The molecule has 0 fully saturated rings. The smallest absolute Gasteiger partial charge is 0.300 e. The Morgan fingerprint density at radius 3 is 2.73 bits per heavy atom. The van der Waals surface area contributed by atoms with E-state index in [9.17, 15) is 9.59 Å². The van der Waals surface area contributed by atoms with Gasteiger partial charge >= 0.3 is 5.69 Å². The van der Waals surface area contributed by atoms with Crippen molar-refractivity contribution in [2.45, 2.75) is 32.9 Å². The first kappa shape index (κ1) is 11.5. The van der Waals surface area contributed by atoms with Crippen molar-refractivity contribution >= 4 is 0 Å². The molecule has 0 atom stereocenters. The fourth-order valence-electron chi connectivity index (χ4n) is 1.39. The fourth-order valence-corrected chi connectivity index (χ4v) is 1.39. The van der Waals surface area contributed by atoms with E-state index in [1.165, 1.54) is 10.6 Å². The number of rotatable bonds is 5. The first-order chi connectivity index (χ1) is 7.20. The molecule has 0 aliphatic carbocycles. The average Bonchev–Trinajstić information content (AvgIpc) is 2.22. The van der Waals surface area contributed by atoms with Crippen LogP contribution in [0.25, 0.3) is 0 Å². The Labute approximate surface area is 88.5 Å². The quantitative estimate of drug-likeness (QED) is 0.677. The van der Waals surface area contributed by atoms with Gasteiger partial charge in [0.2, 0.25) is 0 Å². The summed E-state index contributed by atoms with van der Waals surface area (Å²) in [4.78, 5) is 23.2. The third kappa shape index (κ3) is 2.68. The molecule has 1 aromatic rings. The molecule has 0 aromatic carbocycles. The van der Waals surface area contributed by atoms with Crippen LogP contribution in [0.15, 0.2) is 34.5 Å². The molecule has 1 heterocycles. The van der Waals surface area contributed by atoms with E-state index >= 15 is 0 Å². The van der Waals surface area contributed by atoms with Crippen LogP contribution < -0.4 is 11.2 Å². The maximum atomic E-state index is 11.8. The molecule has 15 heavy (non-hydrogen) atoms. The van der Waals surface area contributed by atoms with Gasteiger partial charge < -0.3 is 4.57 Å². The average molecular weight is 208 g/mol. The van der Waals surface area contributed by atoms with Crippen LogP contribution >= 0.6 is 0 Å². The van der Waals surface area contributed by atoms with Gasteiger partial charge in [-0.3, -0.25) is 9.36 Å². The molecule has 1 rings (SSSR count). The van der Waals surface area contributed by atoms with Crippen LogP contribution in [-0.2, 0) is 13.1 Å². The van der Waals surface area contributed by atoms with Crippen molar-refractivity contribution in [3.63, 3.8) is 0 Å². The van der Waals surface area contributed by atoms with Crippen molar-refractivity contribution in [1.82, 2.24) is 9.13 Å². The molecule has 0 amide bonds. The number of nitrogens with zero attached hydrogens (tertiary/aromatic N) is 2. The zero-order valence-corrected chi connectivity index (χ0v) is 8.98. The second-order valence-electron chi connectivity index (χ2n) is 3.36. The van der Waals surface area contributed by atoms with Gasteiger partial charge in [-0.1, -0.05) is 13.0 Å². The second-order valence-corrected chi connectivity index (χ2v) is 3.36. The van der Waals surface area contributed by atoms with E-state index in [4.69, 9.17) is 0 Å². The van der Waals surface area contributed by atoms with Crippen molar-refractivity contribution in [2.75, 3.05) is 0 Å². The van der Waals surface area contributed by atoms with Crippen LogP contribution in [0.3, 0.4) is 0 Å². The highest BCUT2D eigenvalue weighted by Gasteiger charge is 2.02. The summed E-state index contributed by atoms with van der Waals surface area (Å²) in [6.07, 6.45) is 4.76. The van der Waals surface area contributed by atoms with Gasteiger partial charge in [-0.2, -0.15) is 0 Å². The maximum absolute atomic E-state index is 11.8. The minimum atomic E-state index is -0.241. The summed E-state index contributed by atoms with van der Waals surface area (Å²) < 4.78 is 2.81. The summed E-state index contributed by atoms with van der Waals surface area (Å²) in [5.41, 5.74) is -0.472. The minimum absolute atomic E-state index is 0.230. The zero-order chi connectivity index (χ0) is 11.3. The van der Waals surface area contributed by atoms with Crippen molar-refractivity contribution in [2.24, 2.45) is 0 Å². The van der Waals surface area contributed by atoms with Crippen LogP contribution in [0.1, 0.15) is 19.8 Å². The van der Waals surface area contributed by atoms with Crippen LogP contribution in [0.5, 0.6) is 0 Å². The fraction of sp³-hybridized carbons (Fsp3) is 0.455. The molecule has 0 unspecified atom stereocenters. The molecule has 0 N–H and O–H groups in total.